The predicted octanol–water partition coefficient (Wildman–Crippen LogP) is 4.65. The van der Waals surface area contributed by atoms with Crippen molar-refractivity contribution in [2.75, 3.05) is 11.1 Å². The highest BCUT2D eigenvalue weighted by atomic mass is 127. The molecule has 3 nitrogen and oxygen atoms in total. The van der Waals surface area contributed by atoms with Crippen molar-refractivity contribution in [1.82, 2.24) is 0 Å². The van der Waals surface area contributed by atoms with E-state index in [1.165, 1.54) is 0 Å². The highest BCUT2D eigenvalue weighted by molar-refractivity contribution is 14.1. The normalized spacial score (nSPS) is 10.3. The second kappa shape index (κ2) is 6.23. The van der Waals surface area contributed by atoms with Gasteiger partial charge in [-0.1, -0.05) is 0 Å². The number of amides is 1. The SMILES string of the molecule is Nc1ccc(NC(=O)c2cc(I)ccc2Br)c(Br)c1. The van der Waals surface area contributed by atoms with Crippen molar-refractivity contribution in [3.8, 4) is 0 Å². The smallest absolute Gasteiger partial charge is 0.256 e. The molecule has 0 aromatic heterocycles. The van der Waals surface area contributed by atoms with Gasteiger partial charge in [0.05, 0.1) is 11.3 Å². The van der Waals surface area contributed by atoms with Crippen molar-refractivity contribution in [2.45, 2.75) is 0 Å². The van der Waals surface area contributed by atoms with Gasteiger partial charge in [0, 0.05) is 18.2 Å². The molecule has 6 heteroatoms. The van der Waals surface area contributed by atoms with Crippen LogP contribution in [0.1, 0.15) is 10.4 Å². The summed E-state index contributed by atoms with van der Waals surface area (Å²) in [7, 11) is 0. The third kappa shape index (κ3) is 3.70. The van der Waals surface area contributed by atoms with Crippen LogP contribution in [0.4, 0.5) is 11.4 Å². The minimum Gasteiger partial charge on any atom is -0.399 e. The Labute approximate surface area is 141 Å². The lowest BCUT2D eigenvalue weighted by Gasteiger charge is -2.09. The van der Waals surface area contributed by atoms with E-state index in [1.54, 1.807) is 18.2 Å². The maximum absolute atomic E-state index is 12.2. The van der Waals surface area contributed by atoms with Crippen LogP contribution >= 0.6 is 54.5 Å². The Morgan fingerprint density at radius 2 is 1.84 bits per heavy atom. The van der Waals surface area contributed by atoms with Crippen LogP contribution in [-0.4, -0.2) is 5.91 Å². The number of halogens is 3. The molecule has 0 aliphatic heterocycles. The molecule has 0 heterocycles. The first-order valence-corrected chi connectivity index (χ1v) is 7.95. The zero-order valence-corrected chi connectivity index (χ0v) is 14.9. The quantitative estimate of drug-likeness (QED) is 0.471. The number of nitrogens with two attached hydrogens (primary N) is 1. The van der Waals surface area contributed by atoms with Crippen molar-refractivity contribution in [1.29, 1.82) is 0 Å². The van der Waals surface area contributed by atoms with Crippen molar-refractivity contribution < 1.29 is 4.79 Å². The molecule has 98 valence electrons. The van der Waals surface area contributed by atoms with Crippen molar-refractivity contribution >= 4 is 71.7 Å². The number of rotatable bonds is 2. The first-order chi connectivity index (χ1) is 8.97. The van der Waals surface area contributed by atoms with Crippen LogP contribution in [0.15, 0.2) is 45.3 Å². The largest absolute Gasteiger partial charge is 0.399 e. The molecule has 1 amide bonds. The Balaban J connectivity index is 2.28. The Morgan fingerprint density at radius 1 is 1.11 bits per heavy atom. The lowest BCUT2D eigenvalue weighted by Crippen LogP contribution is -2.13. The molecule has 2 aromatic carbocycles. The molecule has 2 rings (SSSR count). The minimum atomic E-state index is -0.170. The van der Waals surface area contributed by atoms with E-state index in [4.69, 9.17) is 5.73 Å². The Morgan fingerprint density at radius 3 is 2.53 bits per heavy atom. The van der Waals surface area contributed by atoms with Gasteiger partial charge in [-0.2, -0.15) is 0 Å². The monoisotopic (exact) mass is 494 g/mol. The average molecular weight is 496 g/mol. The molecule has 0 unspecified atom stereocenters. The van der Waals surface area contributed by atoms with E-state index in [1.807, 2.05) is 18.2 Å². The van der Waals surface area contributed by atoms with E-state index in [0.29, 0.717) is 16.9 Å². The molecule has 19 heavy (non-hydrogen) atoms. The maximum atomic E-state index is 12.2. The summed E-state index contributed by atoms with van der Waals surface area (Å²) in [6.07, 6.45) is 0. The molecule has 3 N–H and O–H groups in total. The predicted molar refractivity (Wildman–Crippen MR) is 93.4 cm³/mol. The number of hydrogen-bond acceptors (Lipinski definition) is 2. The maximum Gasteiger partial charge on any atom is 0.256 e. The van der Waals surface area contributed by atoms with E-state index in [0.717, 1.165) is 12.5 Å². The Kier molecular flexibility index (Phi) is 4.86. The average Bonchev–Trinajstić information content (AvgIpc) is 2.35. The van der Waals surface area contributed by atoms with Crippen LogP contribution < -0.4 is 11.1 Å². The number of carbonyl (C=O) groups excluding carboxylic acids is 1. The van der Waals surface area contributed by atoms with Crippen LogP contribution in [0.25, 0.3) is 0 Å². The number of carbonyl (C=O) groups is 1. The lowest BCUT2D eigenvalue weighted by atomic mass is 10.2. The fourth-order valence-electron chi connectivity index (χ4n) is 1.49. The van der Waals surface area contributed by atoms with Crippen LogP contribution in [0, 0.1) is 3.57 Å². The number of anilines is 2. The summed E-state index contributed by atoms with van der Waals surface area (Å²) in [5, 5.41) is 2.85. The van der Waals surface area contributed by atoms with Gasteiger partial charge in [0.15, 0.2) is 0 Å². The zero-order valence-electron chi connectivity index (χ0n) is 9.58. The molecule has 0 spiro atoms. The van der Waals surface area contributed by atoms with Gasteiger partial charge in [0.2, 0.25) is 0 Å². The number of benzene rings is 2. The third-order valence-electron chi connectivity index (χ3n) is 2.41. The summed E-state index contributed by atoms with van der Waals surface area (Å²) in [5.74, 6) is -0.170. The molecule has 0 aliphatic carbocycles. The van der Waals surface area contributed by atoms with E-state index in [-0.39, 0.29) is 5.91 Å². The van der Waals surface area contributed by atoms with Crippen LogP contribution in [0.5, 0.6) is 0 Å². The van der Waals surface area contributed by atoms with Crippen LogP contribution in [-0.2, 0) is 0 Å². The van der Waals surface area contributed by atoms with Crippen LogP contribution in [0.2, 0.25) is 0 Å². The van der Waals surface area contributed by atoms with Gasteiger partial charge in [0.25, 0.3) is 5.91 Å². The molecule has 0 atom stereocenters. The number of nitrogen functional groups attached to an aromatic ring is 1. The summed E-state index contributed by atoms with van der Waals surface area (Å²) in [6, 6.07) is 10.9. The van der Waals surface area contributed by atoms with Gasteiger partial charge in [-0.05, 0) is 90.8 Å². The molecule has 0 aliphatic rings. The third-order valence-corrected chi connectivity index (χ3v) is 4.43. The first kappa shape index (κ1) is 14.8. The second-order valence-electron chi connectivity index (χ2n) is 3.82. The fraction of sp³-hybridized carbons (Fsp3) is 0. The molecule has 2 aromatic rings. The van der Waals surface area contributed by atoms with Crippen molar-refractivity contribution in [3.05, 3.63) is 54.5 Å². The Bertz CT molecular complexity index is 647. The summed E-state index contributed by atoms with van der Waals surface area (Å²) >= 11 is 8.92. The van der Waals surface area contributed by atoms with E-state index in [9.17, 15) is 4.79 Å². The van der Waals surface area contributed by atoms with Gasteiger partial charge in [-0.3, -0.25) is 4.79 Å². The van der Waals surface area contributed by atoms with E-state index >= 15 is 0 Å². The fourth-order valence-corrected chi connectivity index (χ4v) is 2.91. The molecule has 0 fully saturated rings. The topological polar surface area (TPSA) is 55.1 Å². The standard InChI is InChI=1S/C13H9Br2IN2O/c14-10-3-1-7(16)5-9(10)13(19)18-12-4-2-8(17)6-11(12)15/h1-6H,17H2,(H,18,19). The lowest BCUT2D eigenvalue weighted by molar-refractivity contribution is 0.102. The second-order valence-corrected chi connectivity index (χ2v) is 6.77. The van der Waals surface area contributed by atoms with Gasteiger partial charge in [-0.25, -0.2) is 0 Å². The molecular formula is C13H9Br2IN2O. The molecule has 0 bridgehead atoms. The highest BCUT2D eigenvalue weighted by Gasteiger charge is 2.12. The summed E-state index contributed by atoms with van der Waals surface area (Å²) in [4.78, 5) is 12.2. The van der Waals surface area contributed by atoms with E-state index in [2.05, 4.69) is 59.8 Å². The highest BCUT2D eigenvalue weighted by Crippen LogP contribution is 2.26. The molecular weight excluding hydrogens is 487 g/mol. The minimum absolute atomic E-state index is 0.170. The Hall–Kier alpha value is -0.600. The molecule has 0 radical (unpaired) electrons. The van der Waals surface area contributed by atoms with E-state index < -0.39 is 0 Å². The van der Waals surface area contributed by atoms with Gasteiger partial charge in [-0.15, -0.1) is 0 Å². The van der Waals surface area contributed by atoms with Crippen molar-refractivity contribution in [3.63, 3.8) is 0 Å². The molecule has 0 saturated heterocycles. The van der Waals surface area contributed by atoms with Crippen molar-refractivity contribution in [2.24, 2.45) is 0 Å². The summed E-state index contributed by atoms with van der Waals surface area (Å²) in [6.45, 7) is 0. The number of hydrogen-bond donors (Lipinski definition) is 2. The summed E-state index contributed by atoms with van der Waals surface area (Å²) in [5.41, 5.74) is 7.58. The van der Waals surface area contributed by atoms with Gasteiger partial charge in [0.1, 0.15) is 0 Å². The van der Waals surface area contributed by atoms with Gasteiger partial charge < -0.3 is 11.1 Å². The zero-order chi connectivity index (χ0) is 14.0. The van der Waals surface area contributed by atoms with Gasteiger partial charge >= 0.3 is 0 Å². The van der Waals surface area contributed by atoms with Crippen LogP contribution in [0.3, 0.4) is 0 Å². The molecule has 0 saturated carbocycles. The first-order valence-electron chi connectivity index (χ1n) is 5.29. The summed E-state index contributed by atoms with van der Waals surface area (Å²) < 4.78 is 2.52. The number of nitrogens with one attached hydrogen (secondary N) is 1.